The second kappa shape index (κ2) is 6.24. The van der Waals surface area contributed by atoms with Crippen molar-refractivity contribution in [3.05, 3.63) is 40.3 Å². The Kier molecular flexibility index (Phi) is 4.05. The Bertz CT molecular complexity index is 996. The molecule has 3 aromatic rings. The molecule has 0 radical (unpaired) electrons. The number of aromatic nitrogens is 5. The summed E-state index contributed by atoms with van der Waals surface area (Å²) in [5.41, 5.74) is 1.66. The third-order valence-electron chi connectivity index (χ3n) is 4.73. The molecular formula is C17H18ClN5O2. The molecular weight excluding hydrogens is 342 g/mol. The molecule has 130 valence electrons. The van der Waals surface area contributed by atoms with Gasteiger partial charge in [-0.25, -0.2) is 9.97 Å². The fourth-order valence-corrected chi connectivity index (χ4v) is 3.70. The average Bonchev–Trinajstić information content (AvgIpc) is 3.01. The first kappa shape index (κ1) is 16.2. The maximum atomic E-state index is 13.0. The molecule has 7 nitrogen and oxygen atoms in total. The zero-order chi connectivity index (χ0) is 17.6. The van der Waals surface area contributed by atoms with Gasteiger partial charge in [0.1, 0.15) is 16.4 Å². The lowest BCUT2D eigenvalue weighted by atomic mass is 9.93. The molecule has 3 aromatic heterocycles. The van der Waals surface area contributed by atoms with Gasteiger partial charge in [0.25, 0.3) is 5.56 Å². The summed E-state index contributed by atoms with van der Waals surface area (Å²) in [6.45, 7) is 0. The molecule has 0 amide bonds. The smallest absolute Gasteiger partial charge is 0.261 e. The van der Waals surface area contributed by atoms with Crippen molar-refractivity contribution in [2.75, 3.05) is 0 Å². The van der Waals surface area contributed by atoms with Gasteiger partial charge in [-0.15, -0.1) is 0 Å². The van der Waals surface area contributed by atoms with E-state index in [9.17, 15) is 9.90 Å². The van der Waals surface area contributed by atoms with Crippen molar-refractivity contribution in [3.8, 4) is 11.3 Å². The highest BCUT2D eigenvalue weighted by molar-refractivity contribution is 6.30. The van der Waals surface area contributed by atoms with Crippen molar-refractivity contribution in [1.29, 1.82) is 0 Å². The Hall–Kier alpha value is -2.25. The van der Waals surface area contributed by atoms with Crippen molar-refractivity contribution < 1.29 is 5.11 Å². The Balaban J connectivity index is 1.89. The molecule has 2 unspecified atom stereocenters. The lowest BCUT2D eigenvalue weighted by Gasteiger charge is -2.27. The minimum Gasteiger partial charge on any atom is -0.393 e. The monoisotopic (exact) mass is 359 g/mol. The first-order valence-corrected chi connectivity index (χ1v) is 8.65. The lowest BCUT2D eigenvalue weighted by molar-refractivity contribution is 0.103. The number of rotatable bonds is 2. The number of nitrogens with zero attached hydrogens (tertiary/aromatic N) is 5. The number of pyridine rings is 1. The number of aryl methyl sites for hydroxylation is 1. The molecule has 0 bridgehead atoms. The highest BCUT2D eigenvalue weighted by Gasteiger charge is 2.24. The van der Waals surface area contributed by atoms with Crippen LogP contribution in [0.1, 0.15) is 31.7 Å². The Morgan fingerprint density at radius 1 is 1.36 bits per heavy atom. The fourth-order valence-electron chi connectivity index (χ4n) is 3.51. The van der Waals surface area contributed by atoms with Crippen LogP contribution in [0.3, 0.4) is 0 Å². The quantitative estimate of drug-likeness (QED) is 0.710. The zero-order valence-corrected chi connectivity index (χ0v) is 14.5. The summed E-state index contributed by atoms with van der Waals surface area (Å²) in [6.07, 6.45) is 7.78. The summed E-state index contributed by atoms with van der Waals surface area (Å²) in [5.74, 6) is 0. The summed E-state index contributed by atoms with van der Waals surface area (Å²) < 4.78 is 3.28. The van der Waals surface area contributed by atoms with Crippen LogP contribution >= 0.6 is 11.6 Å². The maximum absolute atomic E-state index is 13.0. The summed E-state index contributed by atoms with van der Waals surface area (Å²) in [4.78, 5) is 21.8. The number of halogens is 1. The van der Waals surface area contributed by atoms with Gasteiger partial charge in [0.2, 0.25) is 0 Å². The third-order valence-corrected chi connectivity index (χ3v) is 4.92. The molecule has 0 aromatic carbocycles. The molecule has 4 rings (SSSR count). The standard InChI is InChI=1S/C17H18ClN5O2/c1-22-8-10(7-20-22)15-16-13(6-14(18)21-15)17(25)23(9-19-16)11-3-2-4-12(24)5-11/h6-9,11-12,24H,2-5H2,1H3. The average molecular weight is 360 g/mol. The second-order valence-corrected chi connectivity index (χ2v) is 6.91. The van der Waals surface area contributed by atoms with Crippen LogP contribution in [0.15, 0.2) is 29.6 Å². The number of hydrogen-bond acceptors (Lipinski definition) is 5. The number of aliphatic hydroxyl groups is 1. The molecule has 25 heavy (non-hydrogen) atoms. The van der Waals surface area contributed by atoms with Gasteiger partial charge in [0, 0.05) is 24.8 Å². The Morgan fingerprint density at radius 3 is 2.92 bits per heavy atom. The Labute approximate surface area is 148 Å². The van der Waals surface area contributed by atoms with Crippen LogP contribution in [0.25, 0.3) is 22.2 Å². The van der Waals surface area contributed by atoms with Crippen LogP contribution in [-0.4, -0.2) is 35.5 Å². The molecule has 1 N–H and O–H groups in total. The molecule has 1 aliphatic carbocycles. The topological polar surface area (TPSA) is 85.8 Å². The van der Waals surface area contributed by atoms with E-state index in [0.717, 1.165) is 24.8 Å². The van der Waals surface area contributed by atoms with E-state index >= 15 is 0 Å². The summed E-state index contributed by atoms with van der Waals surface area (Å²) in [7, 11) is 1.81. The van der Waals surface area contributed by atoms with Gasteiger partial charge in [0.15, 0.2) is 0 Å². The van der Waals surface area contributed by atoms with Gasteiger partial charge < -0.3 is 5.11 Å². The minimum atomic E-state index is -0.367. The van der Waals surface area contributed by atoms with Gasteiger partial charge in [-0.3, -0.25) is 14.0 Å². The zero-order valence-electron chi connectivity index (χ0n) is 13.8. The van der Waals surface area contributed by atoms with E-state index in [0.29, 0.717) is 23.0 Å². The largest absolute Gasteiger partial charge is 0.393 e. The van der Waals surface area contributed by atoms with E-state index in [2.05, 4.69) is 15.1 Å². The predicted molar refractivity (Wildman–Crippen MR) is 94.5 cm³/mol. The molecule has 1 fully saturated rings. The molecule has 1 saturated carbocycles. The van der Waals surface area contributed by atoms with Gasteiger partial charge in [0.05, 0.1) is 24.0 Å². The van der Waals surface area contributed by atoms with E-state index in [1.165, 1.54) is 0 Å². The highest BCUT2D eigenvalue weighted by Crippen LogP contribution is 2.29. The van der Waals surface area contributed by atoms with Crippen LogP contribution in [0.2, 0.25) is 5.15 Å². The van der Waals surface area contributed by atoms with Crippen LogP contribution in [-0.2, 0) is 7.05 Å². The minimum absolute atomic E-state index is 0.0399. The van der Waals surface area contributed by atoms with Crippen molar-refractivity contribution >= 4 is 22.5 Å². The van der Waals surface area contributed by atoms with Crippen LogP contribution in [0.4, 0.5) is 0 Å². The summed E-state index contributed by atoms with van der Waals surface area (Å²) in [6, 6.07) is 1.52. The van der Waals surface area contributed by atoms with E-state index in [4.69, 9.17) is 11.6 Å². The number of hydrogen-bond donors (Lipinski definition) is 1. The molecule has 0 spiro atoms. The van der Waals surface area contributed by atoms with E-state index < -0.39 is 0 Å². The summed E-state index contributed by atoms with van der Waals surface area (Å²) >= 11 is 6.16. The first-order chi connectivity index (χ1) is 12.0. The molecule has 0 aliphatic heterocycles. The Morgan fingerprint density at radius 2 is 2.20 bits per heavy atom. The SMILES string of the molecule is Cn1cc(-c2nc(Cl)cc3c(=O)n(C4CCCC(O)C4)cnc23)cn1. The fraction of sp³-hybridized carbons (Fsp3) is 0.412. The summed E-state index contributed by atoms with van der Waals surface area (Å²) in [5, 5.41) is 14.7. The number of aliphatic hydroxyl groups excluding tert-OH is 1. The van der Waals surface area contributed by atoms with Crippen molar-refractivity contribution in [3.63, 3.8) is 0 Å². The second-order valence-electron chi connectivity index (χ2n) is 6.52. The van der Waals surface area contributed by atoms with Gasteiger partial charge in [-0.2, -0.15) is 5.10 Å². The van der Waals surface area contributed by atoms with Gasteiger partial charge >= 0.3 is 0 Å². The predicted octanol–water partition coefficient (Wildman–Crippen LogP) is 2.32. The van der Waals surface area contributed by atoms with E-state index in [1.54, 1.807) is 27.8 Å². The van der Waals surface area contributed by atoms with Crippen molar-refractivity contribution in [2.45, 2.75) is 37.8 Å². The third kappa shape index (κ3) is 2.94. The molecule has 0 saturated heterocycles. The normalized spacial score (nSPS) is 20.9. The van der Waals surface area contributed by atoms with Crippen LogP contribution < -0.4 is 5.56 Å². The highest BCUT2D eigenvalue weighted by atomic mass is 35.5. The molecule has 2 atom stereocenters. The van der Waals surface area contributed by atoms with Crippen LogP contribution in [0, 0.1) is 0 Å². The van der Waals surface area contributed by atoms with Crippen molar-refractivity contribution in [2.24, 2.45) is 7.05 Å². The maximum Gasteiger partial charge on any atom is 0.261 e. The molecule has 8 heteroatoms. The molecule has 3 heterocycles. The van der Waals surface area contributed by atoms with Crippen LogP contribution in [0.5, 0.6) is 0 Å². The number of fused-ring (bicyclic) bond motifs is 1. The van der Waals surface area contributed by atoms with E-state index in [1.807, 2.05) is 13.2 Å². The first-order valence-electron chi connectivity index (χ1n) is 8.27. The molecule has 1 aliphatic rings. The van der Waals surface area contributed by atoms with E-state index in [-0.39, 0.29) is 22.9 Å². The lowest BCUT2D eigenvalue weighted by Crippen LogP contribution is -2.30. The van der Waals surface area contributed by atoms with Gasteiger partial charge in [-0.1, -0.05) is 11.6 Å². The van der Waals surface area contributed by atoms with Crippen molar-refractivity contribution in [1.82, 2.24) is 24.3 Å². The van der Waals surface area contributed by atoms with Gasteiger partial charge in [-0.05, 0) is 31.7 Å².